The first-order chi connectivity index (χ1) is 14.9. The molecule has 1 aliphatic heterocycles. The van der Waals surface area contributed by atoms with Gasteiger partial charge in [-0.05, 0) is 54.5 Å². The third-order valence-corrected chi connectivity index (χ3v) is 8.13. The molecular formula is C24H28NaO5PS. The molecule has 166 valence electrons. The maximum absolute atomic E-state index is 13.0. The van der Waals surface area contributed by atoms with Crippen LogP contribution in [0.1, 0.15) is 50.7 Å². The van der Waals surface area contributed by atoms with E-state index in [1.807, 2.05) is 42.5 Å². The molecule has 32 heavy (non-hydrogen) atoms. The van der Waals surface area contributed by atoms with Crippen molar-refractivity contribution in [3.8, 4) is 5.75 Å². The number of phosphoric ester groups is 1. The van der Waals surface area contributed by atoms with Crippen molar-refractivity contribution in [2.75, 3.05) is 7.11 Å². The van der Waals surface area contributed by atoms with E-state index in [2.05, 4.69) is 13.8 Å². The van der Waals surface area contributed by atoms with Crippen molar-refractivity contribution in [3.05, 3.63) is 53.6 Å². The summed E-state index contributed by atoms with van der Waals surface area (Å²) in [7, 11) is -2.98. The van der Waals surface area contributed by atoms with E-state index in [0.29, 0.717) is 17.2 Å². The van der Waals surface area contributed by atoms with E-state index in [0.717, 1.165) is 41.0 Å². The van der Waals surface area contributed by atoms with Crippen LogP contribution in [0.5, 0.6) is 5.75 Å². The van der Waals surface area contributed by atoms with Gasteiger partial charge in [0, 0.05) is 10.5 Å². The molecule has 1 heterocycles. The topological polar surface area (TPSA) is 67.8 Å². The van der Waals surface area contributed by atoms with E-state index in [9.17, 15) is 9.46 Å². The zero-order valence-corrected chi connectivity index (χ0v) is 22.8. The number of phosphoric acid groups is 1. The van der Waals surface area contributed by atoms with Crippen molar-refractivity contribution in [1.82, 2.24) is 0 Å². The minimum atomic E-state index is -4.59. The Morgan fingerprint density at radius 3 is 2.59 bits per heavy atom. The van der Waals surface area contributed by atoms with Crippen LogP contribution in [0.25, 0.3) is 11.8 Å². The molecule has 0 spiro atoms. The van der Waals surface area contributed by atoms with Gasteiger partial charge in [0.15, 0.2) is 0 Å². The average molecular weight is 483 g/mol. The van der Waals surface area contributed by atoms with E-state index in [1.165, 1.54) is 11.8 Å². The fourth-order valence-electron chi connectivity index (χ4n) is 4.40. The second-order valence-electron chi connectivity index (χ2n) is 8.36. The Morgan fingerprint density at radius 1 is 1.09 bits per heavy atom. The molecule has 1 saturated carbocycles. The molecule has 2 aliphatic rings. The average Bonchev–Trinajstić information content (AvgIpc) is 2.89. The normalized spacial score (nSPS) is 21.8. The van der Waals surface area contributed by atoms with Gasteiger partial charge < -0.3 is 18.7 Å². The van der Waals surface area contributed by atoms with Crippen LogP contribution in [0.15, 0.2) is 52.3 Å². The number of hydrogen-bond donors (Lipinski definition) is 0. The second-order valence-corrected chi connectivity index (χ2v) is 10.7. The van der Waals surface area contributed by atoms with Crippen LogP contribution in [0.4, 0.5) is 0 Å². The van der Waals surface area contributed by atoms with Crippen LogP contribution in [0.2, 0.25) is 0 Å². The number of rotatable bonds is 6. The van der Waals surface area contributed by atoms with Gasteiger partial charge in [0.1, 0.15) is 11.5 Å². The molecule has 0 radical (unpaired) electrons. The summed E-state index contributed by atoms with van der Waals surface area (Å²) in [6.45, 7) is 4.24. The monoisotopic (exact) mass is 482 g/mol. The van der Waals surface area contributed by atoms with Crippen LogP contribution < -0.4 is 39.2 Å². The molecule has 1 fully saturated rings. The third-order valence-electron chi connectivity index (χ3n) is 5.97. The van der Waals surface area contributed by atoms with Crippen LogP contribution in [-0.4, -0.2) is 13.2 Å². The summed E-state index contributed by atoms with van der Waals surface area (Å²) in [5.41, 5.74) is 1.56. The van der Waals surface area contributed by atoms with Gasteiger partial charge in [0.25, 0.3) is 0 Å². The summed E-state index contributed by atoms with van der Waals surface area (Å²) in [4.78, 5) is 14.8. The summed E-state index contributed by atoms with van der Waals surface area (Å²) in [6.07, 6.45) is 5.23. The molecule has 5 nitrogen and oxygen atoms in total. The zero-order chi connectivity index (χ0) is 22.0. The number of hydrogen-bond acceptors (Lipinski definition) is 6. The molecule has 8 heteroatoms. The fourth-order valence-corrected chi connectivity index (χ4v) is 6.57. The molecular weight excluding hydrogens is 454 g/mol. The standard InChI is InChI=1S/C24H29O5PS.Na/c1-16(2)18-10-5-6-12-20(18)28-30(25,26)29-22-15-17-9-4-7-14-23(17)31-24-19(22)11-8-13-21(24)27-3;/h4,7-9,11,13-16,18,20H,5-6,10,12H2,1-3H3,(H,25,26);/q;+1/p-1/t18-,20+;/m1./s1. The van der Waals surface area contributed by atoms with Gasteiger partial charge in [0.2, 0.25) is 0 Å². The molecule has 0 amide bonds. The van der Waals surface area contributed by atoms with Crippen molar-refractivity contribution in [3.63, 3.8) is 0 Å². The fraction of sp³-hybridized carbons (Fsp3) is 0.417. The van der Waals surface area contributed by atoms with E-state index < -0.39 is 7.82 Å². The minimum Gasteiger partial charge on any atom is -0.746 e. The van der Waals surface area contributed by atoms with Crippen LogP contribution in [0.3, 0.4) is 0 Å². The van der Waals surface area contributed by atoms with Crippen molar-refractivity contribution in [1.29, 1.82) is 0 Å². The molecule has 1 aliphatic carbocycles. The van der Waals surface area contributed by atoms with Gasteiger partial charge in [-0.25, -0.2) is 0 Å². The molecule has 4 rings (SSSR count). The maximum Gasteiger partial charge on any atom is 1.00 e. The summed E-state index contributed by atoms with van der Waals surface area (Å²) < 4.78 is 29.9. The molecule has 0 N–H and O–H groups in total. The Balaban J connectivity index is 0.00000289. The third kappa shape index (κ3) is 5.85. The smallest absolute Gasteiger partial charge is 0.746 e. The van der Waals surface area contributed by atoms with E-state index in [1.54, 1.807) is 13.2 Å². The van der Waals surface area contributed by atoms with Crippen LogP contribution in [0, 0.1) is 11.8 Å². The Hall–Kier alpha value is -0.720. The first-order valence-electron chi connectivity index (χ1n) is 10.7. The molecule has 3 atom stereocenters. The van der Waals surface area contributed by atoms with E-state index in [-0.39, 0.29) is 47.3 Å². The first-order valence-corrected chi connectivity index (χ1v) is 13.0. The SMILES string of the molecule is COc1cccc2c1Sc1ccccc1C=C2OP(=O)([O-])O[C@H]1CCCC[C@@H]1C(C)C.[Na+]. The molecule has 0 aromatic heterocycles. The molecule has 0 bridgehead atoms. The Labute approximate surface area is 216 Å². The van der Waals surface area contributed by atoms with Gasteiger partial charge in [0.05, 0.1) is 18.1 Å². The molecule has 1 unspecified atom stereocenters. The Bertz CT molecular complexity index is 1030. The Kier molecular flexibility index (Phi) is 9.01. The van der Waals surface area contributed by atoms with E-state index in [4.69, 9.17) is 13.8 Å². The van der Waals surface area contributed by atoms with E-state index >= 15 is 0 Å². The zero-order valence-electron chi connectivity index (χ0n) is 19.1. The number of fused-ring (bicyclic) bond motifs is 2. The summed E-state index contributed by atoms with van der Waals surface area (Å²) >= 11 is 1.53. The van der Waals surface area contributed by atoms with Crippen molar-refractivity contribution in [2.45, 2.75) is 55.4 Å². The predicted molar refractivity (Wildman–Crippen MR) is 122 cm³/mol. The summed E-state index contributed by atoms with van der Waals surface area (Å²) in [6, 6.07) is 13.4. The van der Waals surface area contributed by atoms with Crippen molar-refractivity contribution < 1.29 is 52.8 Å². The minimum absolute atomic E-state index is 0. The Morgan fingerprint density at radius 2 is 1.84 bits per heavy atom. The molecule has 0 saturated heterocycles. The molecule has 2 aromatic carbocycles. The quantitative estimate of drug-likeness (QED) is 0.465. The van der Waals surface area contributed by atoms with Gasteiger partial charge >= 0.3 is 37.4 Å². The van der Waals surface area contributed by atoms with Crippen LogP contribution >= 0.6 is 19.6 Å². The van der Waals surface area contributed by atoms with Crippen molar-refractivity contribution >= 4 is 31.4 Å². The largest absolute Gasteiger partial charge is 1.00 e. The van der Waals surface area contributed by atoms with Gasteiger partial charge in [-0.2, -0.15) is 0 Å². The van der Waals surface area contributed by atoms with Crippen LogP contribution in [-0.2, 0) is 13.6 Å². The maximum atomic E-state index is 13.0. The van der Waals surface area contributed by atoms with Gasteiger partial charge in [-0.3, -0.25) is 4.57 Å². The number of benzene rings is 2. The van der Waals surface area contributed by atoms with Gasteiger partial charge in [-0.15, -0.1) is 0 Å². The summed E-state index contributed by atoms with van der Waals surface area (Å²) in [5, 5.41) is 0. The van der Waals surface area contributed by atoms with Crippen molar-refractivity contribution in [2.24, 2.45) is 11.8 Å². The number of ether oxygens (including phenoxy) is 1. The predicted octanol–water partition coefficient (Wildman–Crippen LogP) is 3.38. The van der Waals surface area contributed by atoms with Gasteiger partial charge in [-0.1, -0.05) is 62.7 Å². The molecule has 2 aromatic rings. The first kappa shape index (κ1) is 25.9. The summed E-state index contributed by atoms with van der Waals surface area (Å²) in [5.74, 6) is 1.49. The second kappa shape index (κ2) is 11.1. The number of methoxy groups -OCH3 is 1.